The molecule has 1 aromatic rings. The summed E-state index contributed by atoms with van der Waals surface area (Å²) >= 11 is 0. The van der Waals surface area contributed by atoms with Crippen LogP contribution >= 0.6 is 0 Å². The van der Waals surface area contributed by atoms with E-state index in [0.717, 1.165) is 0 Å². The standard InChI is InChI=1S/C10H5F3N2O/c11-10(12,13)8-3-6(1-2-14)9(16)7(4-8)5-15/h3-4,16H,1H2. The molecular weight excluding hydrogens is 221 g/mol. The van der Waals surface area contributed by atoms with Crippen molar-refractivity contribution < 1.29 is 18.3 Å². The van der Waals surface area contributed by atoms with E-state index < -0.39 is 23.1 Å². The molecule has 0 unspecified atom stereocenters. The Kier molecular flexibility index (Phi) is 3.05. The number of nitriles is 2. The van der Waals surface area contributed by atoms with Crippen molar-refractivity contribution in [3.63, 3.8) is 0 Å². The summed E-state index contributed by atoms with van der Waals surface area (Å²) in [7, 11) is 0. The molecule has 0 aliphatic carbocycles. The molecule has 0 aromatic heterocycles. The topological polar surface area (TPSA) is 67.8 Å². The van der Waals surface area contributed by atoms with Crippen molar-refractivity contribution in [1.82, 2.24) is 0 Å². The third kappa shape index (κ3) is 2.23. The number of aromatic hydroxyl groups is 1. The molecule has 1 rings (SSSR count). The highest BCUT2D eigenvalue weighted by atomic mass is 19.4. The van der Waals surface area contributed by atoms with Crippen LogP contribution in [0.2, 0.25) is 0 Å². The summed E-state index contributed by atoms with van der Waals surface area (Å²) in [5.41, 5.74) is -1.74. The summed E-state index contributed by atoms with van der Waals surface area (Å²) in [6.07, 6.45) is -4.99. The van der Waals surface area contributed by atoms with Crippen molar-refractivity contribution in [3.05, 3.63) is 28.8 Å². The highest BCUT2D eigenvalue weighted by Crippen LogP contribution is 2.34. The molecule has 0 atom stereocenters. The number of hydrogen-bond donors (Lipinski definition) is 1. The van der Waals surface area contributed by atoms with Crippen LogP contribution < -0.4 is 0 Å². The summed E-state index contributed by atoms with van der Waals surface area (Å²) in [5.74, 6) is -0.572. The quantitative estimate of drug-likeness (QED) is 0.799. The van der Waals surface area contributed by atoms with Crippen LogP contribution in [0, 0.1) is 22.7 Å². The fourth-order valence-electron chi connectivity index (χ4n) is 1.16. The van der Waals surface area contributed by atoms with Gasteiger partial charge in [0.1, 0.15) is 11.8 Å². The van der Waals surface area contributed by atoms with Crippen LogP contribution in [-0.4, -0.2) is 5.11 Å². The zero-order valence-corrected chi connectivity index (χ0v) is 7.84. The van der Waals surface area contributed by atoms with Crippen molar-refractivity contribution >= 4 is 0 Å². The van der Waals surface area contributed by atoms with Crippen molar-refractivity contribution in [2.24, 2.45) is 0 Å². The van der Waals surface area contributed by atoms with E-state index in [-0.39, 0.29) is 12.0 Å². The molecule has 0 heterocycles. The molecule has 0 aliphatic heterocycles. The third-order valence-corrected chi connectivity index (χ3v) is 1.91. The Morgan fingerprint density at radius 1 is 1.25 bits per heavy atom. The molecule has 82 valence electrons. The molecule has 0 aliphatic rings. The summed E-state index contributed by atoms with van der Waals surface area (Å²) in [6, 6.07) is 4.28. The summed E-state index contributed by atoms with van der Waals surface area (Å²) in [6.45, 7) is 0. The molecule has 0 radical (unpaired) electrons. The molecule has 0 saturated carbocycles. The third-order valence-electron chi connectivity index (χ3n) is 1.91. The number of rotatable bonds is 1. The zero-order chi connectivity index (χ0) is 12.3. The monoisotopic (exact) mass is 226 g/mol. The molecule has 1 aromatic carbocycles. The lowest BCUT2D eigenvalue weighted by Gasteiger charge is -2.10. The van der Waals surface area contributed by atoms with Crippen molar-refractivity contribution in [1.29, 1.82) is 10.5 Å². The van der Waals surface area contributed by atoms with Crippen molar-refractivity contribution in [2.45, 2.75) is 12.6 Å². The highest BCUT2D eigenvalue weighted by Gasteiger charge is 2.32. The number of nitrogens with zero attached hydrogens (tertiary/aromatic N) is 2. The van der Waals surface area contributed by atoms with Crippen LogP contribution in [0.1, 0.15) is 16.7 Å². The van der Waals surface area contributed by atoms with Crippen LogP contribution in [0.25, 0.3) is 0 Å². The first-order valence-corrected chi connectivity index (χ1v) is 4.10. The van der Waals surface area contributed by atoms with Crippen molar-refractivity contribution in [2.75, 3.05) is 0 Å². The number of benzene rings is 1. The number of phenols is 1. The largest absolute Gasteiger partial charge is 0.506 e. The Bertz CT molecular complexity index is 495. The van der Waals surface area contributed by atoms with Gasteiger partial charge in [0.25, 0.3) is 0 Å². The van der Waals surface area contributed by atoms with Gasteiger partial charge in [-0.15, -0.1) is 0 Å². The molecular formula is C10H5F3N2O. The second-order valence-electron chi connectivity index (χ2n) is 2.98. The summed E-state index contributed by atoms with van der Waals surface area (Å²) in [5, 5.41) is 26.3. The predicted molar refractivity (Wildman–Crippen MR) is 47.1 cm³/mol. The minimum absolute atomic E-state index is 0.200. The molecule has 1 N–H and O–H groups in total. The lowest BCUT2D eigenvalue weighted by Crippen LogP contribution is -2.06. The second-order valence-corrected chi connectivity index (χ2v) is 2.98. The smallest absolute Gasteiger partial charge is 0.416 e. The van der Waals surface area contributed by atoms with Gasteiger partial charge in [-0.05, 0) is 12.1 Å². The van der Waals surface area contributed by atoms with Gasteiger partial charge in [0.05, 0.1) is 23.6 Å². The van der Waals surface area contributed by atoms with Gasteiger partial charge in [-0.2, -0.15) is 23.7 Å². The Balaban J connectivity index is 3.43. The highest BCUT2D eigenvalue weighted by molar-refractivity contribution is 5.51. The van der Waals surface area contributed by atoms with E-state index >= 15 is 0 Å². The van der Waals surface area contributed by atoms with E-state index in [9.17, 15) is 18.3 Å². The number of halogens is 3. The Morgan fingerprint density at radius 2 is 1.88 bits per heavy atom. The zero-order valence-electron chi connectivity index (χ0n) is 7.84. The maximum Gasteiger partial charge on any atom is 0.416 e. The van der Waals surface area contributed by atoms with Gasteiger partial charge >= 0.3 is 6.18 Å². The Labute approximate surface area is 89.0 Å². The first-order chi connectivity index (χ1) is 7.40. The normalized spacial score (nSPS) is 10.6. The van der Waals surface area contributed by atoms with Crippen LogP contribution in [-0.2, 0) is 12.6 Å². The molecule has 6 heteroatoms. The SMILES string of the molecule is N#CCc1cc(C(F)(F)F)cc(C#N)c1O. The maximum absolute atomic E-state index is 12.4. The fraction of sp³-hybridized carbons (Fsp3) is 0.200. The van der Waals surface area contributed by atoms with Gasteiger partial charge in [-0.25, -0.2) is 0 Å². The lowest BCUT2D eigenvalue weighted by molar-refractivity contribution is -0.137. The molecule has 0 amide bonds. The van der Waals surface area contributed by atoms with E-state index in [1.54, 1.807) is 6.07 Å². The minimum atomic E-state index is -4.61. The van der Waals surface area contributed by atoms with Crippen molar-refractivity contribution in [3.8, 4) is 17.9 Å². The van der Waals surface area contributed by atoms with E-state index in [2.05, 4.69) is 0 Å². The van der Waals surface area contributed by atoms with E-state index in [4.69, 9.17) is 10.5 Å². The van der Waals surface area contributed by atoms with Crippen LogP contribution in [0.3, 0.4) is 0 Å². The van der Waals surface area contributed by atoms with Gasteiger partial charge in [0.2, 0.25) is 0 Å². The number of phenolic OH excluding ortho intramolecular Hbond substituents is 1. The van der Waals surface area contributed by atoms with Gasteiger partial charge in [0.15, 0.2) is 0 Å². The minimum Gasteiger partial charge on any atom is -0.506 e. The Hall–Kier alpha value is -2.21. The number of hydrogen-bond acceptors (Lipinski definition) is 3. The first-order valence-electron chi connectivity index (χ1n) is 4.10. The second kappa shape index (κ2) is 4.11. The molecule has 16 heavy (non-hydrogen) atoms. The van der Waals surface area contributed by atoms with Gasteiger partial charge < -0.3 is 5.11 Å². The van der Waals surface area contributed by atoms with E-state index in [1.807, 2.05) is 0 Å². The molecule has 0 bridgehead atoms. The summed E-state index contributed by atoms with van der Waals surface area (Å²) in [4.78, 5) is 0. The number of alkyl halides is 3. The average molecular weight is 226 g/mol. The first kappa shape index (κ1) is 11.9. The van der Waals surface area contributed by atoms with E-state index in [1.165, 1.54) is 6.07 Å². The maximum atomic E-state index is 12.4. The van der Waals surface area contributed by atoms with Gasteiger partial charge in [-0.1, -0.05) is 0 Å². The Morgan fingerprint density at radius 3 is 2.31 bits per heavy atom. The molecule has 0 saturated heterocycles. The fourth-order valence-corrected chi connectivity index (χ4v) is 1.16. The molecule has 0 fully saturated rings. The predicted octanol–water partition coefficient (Wildman–Crippen LogP) is 2.35. The lowest BCUT2D eigenvalue weighted by atomic mass is 10.0. The van der Waals surface area contributed by atoms with Crippen LogP contribution in [0.15, 0.2) is 12.1 Å². The van der Waals surface area contributed by atoms with Crippen LogP contribution in [0.4, 0.5) is 13.2 Å². The summed E-state index contributed by atoms with van der Waals surface area (Å²) < 4.78 is 37.1. The molecule has 0 spiro atoms. The average Bonchev–Trinajstić information content (AvgIpc) is 2.19. The molecule has 3 nitrogen and oxygen atoms in total. The van der Waals surface area contributed by atoms with Crippen LogP contribution in [0.5, 0.6) is 5.75 Å². The van der Waals surface area contributed by atoms with E-state index in [0.29, 0.717) is 12.1 Å². The van der Waals surface area contributed by atoms with Gasteiger partial charge in [0, 0.05) is 5.56 Å². The van der Waals surface area contributed by atoms with Gasteiger partial charge in [-0.3, -0.25) is 0 Å².